The molecule has 3 heterocycles. The standard InChI is InChI=1S/C22H25N3O3S2/c1-16-5-7-18(27-2)20-21(16)30-22(23-20)25(10-9-24-11-13-28-14-12-24)19(26)8-6-17-4-3-15-29-17/h3-8,15H,9-14H2,1-2H3. The third kappa shape index (κ3) is 4.73. The van der Waals surface area contributed by atoms with E-state index in [1.807, 2.05) is 35.7 Å². The van der Waals surface area contributed by atoms with Gasteiger partial charge in [0.1, 0.15) is 11.3 Å². The van der Waals surface area contributed by atoms with E-state index in [0.29, 0.717) is 11.7 Å². The molecule has 0 unspecified atom stereocenters. The number of thiophene rings is 1. The number of rotatable bonds is 7. The average Bonchev–Trinajstić information content (AvgIpc) is 3.44. The molecular formula is C22H25N3O3S2. The number of carbonyl (C=O) groups is 1. The Bertz CT molecular complexity index is 1020. The summed E-state index contributed by atoms with van der Waals surface area (Å²) >= 11 is 3.15. The van der Waals surface area contributed by atoms with Crippen LogP contribution in [0.1, 0.15) is 10.4 Å². The number of amides is 1. The molecule has 0 bridgehead atoms. The number of nitrogens with zero attached hydrogens (tertiary/aromatic N) is 3. The summed E-state index contributed by atoms with van der Waals surface area (Å²) < 4.78 is 12.0. The molecule has 3 aromatic rings. The first-order valence-electron chi connectivity index (χ1n) is 9.93. The normalized spacial score (nSPS) is 15.1. The summed E-state index contributed by atoms with van der Waals surface area (Å²) in [7, 11) is 1.65. The van der Waals surface area contributed by atoms with E-state index in [9.17, 15) is 4.79 Å². The van der Waals surface area contributed by atoms with Gasteiger partial charge in [-0.1, -0.05) is 23.5 Å². The van der Waals surface area contributed by atoms with Gasteiger partial charge in [0.25, 0.3) is 5.91 Å². The fraction of sp³-hybridized carbons (Fsp3) is 0.364. The highest BCUT2D eigenvalue weighted by Crippen LogP contribution is 2.36. The van der Waals surface area contributed by atoms with Gasteiger partial charge in [-0.2, -0.15) is 0 Å². The van der Waals surface area contributed by atoms with Gasteiger partial charge in [0.05, 0.1) is 25.0 Å². The second kappa shape index (κ2) is 9.70. The summed E-state index contributed by atoms with van der Waals surface area (Å²) in [6.07, 6.45) is 3.51. The monoisotopic (exact) mass is 443 g/mol. The molecule has 30 heavy (non-hydrogen) atoms. The third-order valence-electron chi connectivity index (χ3n) is 5.09. The quantitative estimate of drug-likeness (QED) is 0.516. The molecule has 0 radical (unpaired) electrons. The minimum absolute atomic E-state index is 0.0627. The second-order valence-corrected chi connectivity index (χ2v) is 9.01. The summed E-state index contributed by atoms with van der Waals surface area (Å²) in [4.78, 5) is 23.1. The number of fused-ring (bicyclic) bond motifs is 1. The lowest BCUT2D eigenvalue weighted by atomic mass is 10.2. The van der Waals surface area contributed by atoms with Crippen LogP contribution in [0.2, 0.25) is 0 Å². The fourth-order valence-electron chi connectivity index (χ4n) is 3.37. The summed E-state index contributed by atoms with van der Waals surface area (Å²) in [6.45, 7) is 6.68. The van der Waals surface area contributed by atoms with Crippen LogP contribution in [0.5, 0.6) is 5.75 Å². The average molecular weight is 444 g/mol. The molecule has 4 rings (SSSR count). The Labute approximate surface area is 184 Å². The van der Waals surface area contributed by atoms with Crippen LogP contribution in [0.15, 0.2) is 35.7 Å². The zero-order valence-corrected chi connectivity index (χ0v) is 18.8. The maximum absolute atomic E-state index is 13.2. The predicted molar refractivity (Wildman–Crippen MR) is 124 cm³/mol. The number of ether oxygens (including phenoxy) is 2. The molecule has 2 aromatic heterocycles. The van der Waals surface area contributed by atoms with E-state index in [2.05, 4.69) is 11.8 Å². The summed E-state index contributed by atoms with van der Waals surface area (Å²) in [5.41, 5.74) is 1.94. The largest absolute Gasteiger partial charge is 0.494 e. The van der Waals surface area contributed by atoms with Crippen molar-refractivity contribution >= 4 is 50.0 Å². The molecule has 1 aliphatic heterocycles. The van der Waals surface area contributed by atoms with Crippen LogP contribution < -0.4 is 9.64 Å². The number of hydrogen-bond acceptors (Lipinski definition) is 7. The molecule has 6 nitrogen and oxygen atoms in total. The van der Waals surface area contributed by atoms with E-state index in [0.717, 1.165) is 59.3 Å². The maximum atomic E-state index is 13.2. The Balaban J connectivity index is 1.62. The van der Waals surface area contributed by atoms with Gasteiger partial charge in [-0.05, 0) is 36.1 Å². The van der Waals surface area contributed by atoms with Crippen LogP contribution in [-0.4, -0.2) is 62.3 Å². The highest BCUT2D eigenvalue weighted by molar-refractivity contribution is 7.22. The Morgan fingerprint density at radius 3 is 2.90 bits per heavy atom. The van der Waals surface area contributed by atoms with Crippen LogP contribution in [0.4, 0.5) is 5.13 Å². The van der Waals surface area contributed by atoms with Crippen molar-refractivity contribution in [2.45, 2.75) is 6.92 Å². The number of hydrogen-bond donors (Lipinski definition) is 0. The second-order valence-electron chi connectivity index (χ2n) is 7.05. The number of aromatic nitrogens is 1. The molecule has 1 saturated heterocycles. The van der Waals surface area contributed by atoms with Crippen molar-refractivity contribution in [2.24, 2.45) is 0 Å². The van der Waals surface area contributed by atoms with Gasteiger partial charge >= 0.3 is 0 Å². The van der Waals surface area contributed by atoms with Crippen LogP contribution >= 0.6 is 22.7 Å². The van der Waals surface area contributed by atoms with Crippen LogP contribution in [0.3, 0.4) is 0 Å². The molecule has 8 heteroatoms. The molecular weight excluding hydrogens is 418 g/mol. The van der Waals surface area contributed by atoms with Gasteiger partial charge in [0.2, 0.25) is 0 Å². The van der Waals surface area contributed by atoms with Gasteiger partial charge in [-0.15, -0.1) is 11.3 Å². The van der Waals surface area contributed by atoms with Crippen molar-refractivity contribution < 1.29 is 14.3 Å². The minimum Gasteiger partial charge on any atom is -0.494 e. The van der Waals surface area contributed by atoms with E-state index < -0.39 is 0 Å². The highest BCUT2D eigenvalue weighted by atomic mass is 32.1. The number of aryl methyl sites for hydroxylation is 1. The third-order valence-corrected chi connectivity index (χ3v) is 7.14. The lowest BCUT2D eigenvalue weighted by Crippen LogP contribution is -2.42. The Morgan fingerprint density at radius 2 is 2.17 bits per heavy atom. The lowest BCUT2D eigenvalue weighted by Gasteiger charge is -2.28. The molecule has 0 atom stereocenters. The first kappa shape index (κ1) is 21.0. The summed E-state index contributed by atoms with van der Waals surface area (Å²) in [5.74, 6) is 0.667. The number of carbonyl (C=O) groups excluding carboxylic acids is 1. The number of methoxy groups -OCH3 is 1. The Morgan fingerprint density at radius 1 is 1.33 bits per heavy atom. The van der Waals surface area contributed by atoms with Gasteiger partial charge in [0, 0.05) is 37.1 Å². The molecule has 1 fully saturated rings. The number of benzene rings is 1. The van der Waals surface area contributed by atoms with E-state index in [-0.39, 0.29) is 5.91 Å². The van der Waals surface area contributed by atoms with Crippen molar-refractivity contribution in [3.05, 3.63) is 46.2 Å². The van der Waals surface area contributed by atoms with Gasteiger partial charge in [0.15, 0.2) is 5.13 Å². The molecule has 0 N–H and O–H groups in total. The minimum atomic E-state index is -0.0627. The zero-order chi connectivity index (χ0) is 20.9. The van der Waals surface area contributed by atoms with Gasteiger partial charge < -0.3 is 9.47 Å². The number of anilines is 1. The maximum Gasteiger partial charge on any atom is 0.252 e. The van der Waals surface area contributed by atoms with E-state index in [1.165, 1.54) is 11.3 Å². The van der Waals surface area contributed by atoms with Crippen molar-refractivity contribution in [2.75, 3.05) is 51.4 Å². The van der Waals surface area contributed by atoms with Crippen LogP contribution in [0.25, 0.3) is 16.3 Å². The predicted octanol–water partition coefficient (Wildman–Crippen LogP) is 4.05. The van der Waals surface area contributed by atoms with Gasteiger partial charge in [-0.3, -0.25) is 14.6 Å². The van der Waals surface area contributed by atoms with Crippen LogP contribution in [0, 0.1) is 6.92 Å². The SMILES string of the molecule is COc1ccc(C)c2sc(N(CCN3CCOCC3)C(=O)C=Cc3cccs3)nc12. The molecule has 1 aromatic carbocycles. The molecule has 1 aliphatic rings. The van der Waals surface area contributed by atoms with E-state index >= 15 is 0 Å². The molecule has 0 aliphatic carbocycles. The Kier molecular flexibility index (Phi) is 6.79. The fourth-order valence-corrected chi connectivity index (χ4v) is 5.08. The topological polar surface area (TPSA) is 54.9 Å². The summed E-state index contributed by atoms with van der Waals surface area (Å²) in [5, 5.41) is 2.70. The van der Waals surface area contributed by atoms with E-state index in [4.69, 9.17) is 14.5 Å². The number of thiazole rings is 1. The van der Waals surface area contributed by atoms with Gasteiger partial charge in [-0.25, -0.2) is 4.98 Å². The summed E-state index contributed by atoms with van der Waals surface area (Å²) in [6, 6.07) is 7.93. The zero-order valence-electron chi connectivity index (χ0n) is 17.2. The smallest absolute Gasteiger partial charge is 0.252 e. The first-order chi connectivity index (χ1) is 14.7. The number of morpholine rings is 1. The lowest BCUT2D eigenvalue weighted by molar-refractivity contribution is -0.114. The first-order valence-corrected chi connectivity index (χ1v) is 11.6. The van der Waals surface area contributed by atoms with Crippen molar-refractivity contribution in [1.29, 1.82) is 0 Å². The van der Waals surface area contributed by atoms with Crippen molar-refractivity contribution in [3.63, 3.8) is 0 Å². The molecule has 1 amide bonds. The van der Waals surface area contributed by atoms with Crippen LogP contribution in [-0.2, 0) is 9.53 Å². The van der Waals surface area contributed by atoms with Crippen molar-refractivity contribution in [1.82, 2.24) is 9.88 Å². The highest BCUT2D eigenvalue weighted by Gasteiger charge is 2.21. The molecule has 158 valence electrons. The molecule has 0 saturated carbocycles. The Hall–Kier alpha value is -2.26. The van der Waals surface area contributed by atoms with Crippen molar-refractivity contribution in [3.8, 4) is 5.75 Å². The van der Waals surface area contributed by atoms with E-state index in [1.54, 1.807) is 29.4 Å². The molecule has 0 spiro atoms.